The summed E-state index contributed by atoms with van der Waals surface area (Å²) in [5, 5.41) is 3.03. The zero-order valence-corrected chi connectivity index (χ0v) is 10.7. The van der Waals surface area contributed by atoms with Crippen molar-refractivity contribution in [2.45, 2.75) is 6.92 Å². The van der Waals surface area contributed by atoms with Gasteiger partial charge in [0.2, 0.25) is 5.95 Å². The molecular formula is C11H9FIN3. The van der Waals surface area contributed by atoms with Gasteiger partial charge in [-0.1, -0.05) is 0 Å². The second-order valence-electron chi connectivity index (χ2n) is 3.31. The molecule has 1 aromatic carbocycles. The Labute approximate surface area is 106 Å². The minimum absolute atomic E-state index is 0.244. The van der Waals surface area contributed by atoms with E-state index in [2.05, 4.69) is 37.9 Å². The Kier molecular flexibility index (Phi) is 3.33. The van der Waals surface area contributed by atoms with Crippen LogP contribution in [0, 0.1) is 16.3 Å². The van der Waals surface area contributed by atoms with E-state index in [4.69, 9.17) is 0 Å². The monoisotopic (exact) mass is 329 g/mol. The fourth-order valence-electron chi connectivity index (χ4n) is 1.26. The number of hydrogen-bond donors (Lipinski definition) is 1. The molecule has 2 aromatic rings. The summed E-state index contributed by atoms with van der Waals surface area (Å²) in [6.45, 7) is 1.83. The van der Waals surface area contributed by atoms with Crippen molar-refractivity contribution >= 4 is 34.2 Å². The molecule has 82 valence electrons. The van der Waals surface area contributed by atoms with Crippen molar-refractivity contribution in [3.63, 3.8) is 0 Å². The Morgan fingerprint density at radius 2 is 1.94 bits per heavy atom. The van der Waals surface area contributed by atoms with Gasteiger partial charge in [-0.25, -0.2) is 14.4 Å². The van der Waals surface area contributed by atoms with Crippen LogP contribution < -0.4 is 5.32 Å². The summed E-state index contributed by atoms with van der Waals surface area (Å²) in [5.74, 6) is 0.265. The van der Waals surface area contributed by atoms with Crippen molar-refractivity contribution in [2.24, 2.45) is 0 Å². The van der Waals surface area contributed by atoms with Gasteiger partial charge in [0.1, 0.15) is 5.82 Å². The summed E-state index contributed by atoms with van der Waals surface area (Å²) in [7, 11) is 0. The molecule has 0 aliphatic rings. The summed E-state index contributed by atoms with van der Waals surface area (Å²) in [4.78, 5) is 8.23. The Bertz CT molecular complexity index is 499. The van der Waals surface area contributed by atoms with E-state index in [1.54, 1.807) is 18.5 Å². The number of benzene rings is 1. The highest BCUT2D eigenvalue weighted by Crippen LogP contribution is 2.18. The van der Waals surface area contributed by atoms with E-state index in [1.165, 1.54) is 12.1 Å². The predicted molar refractivity (Wildman–Crippen MR) is 69.2 cm³/mol. The van der Waals surface area contributed by atoms with E-state index < -0.39 is 0 Å². The van der Waals surface area contributed by atoms with Gasteiger partial charge in [-0.2, -0.15) is 0 Å². The number of nitrogens with one attached hydrogen (secondary N) is 1. The molecule has 2 rings (SSSR count). The summed E-state index contributed by atoms with van der Waals surface area (Å²) < 4.78 is 13.9. The third-order valence-electron chi connectivity index (χ3n) is 2.06. The Hall–Kier alpha value is -1.24. The van der Waals surface area contributed by atoms with Gasteiger partial charge in [0.15, 0.2) is 0 Å². The van der Waals surface area contributed by atoms with Crippen LogP contribution in [0.5, 0.6) is 0 Å². The van der Waals surface area contributed by atoms with Gasteiger partial charge in [0.05, 0.1) is 0 Å². The van der Waals surface area contributed by atoms with E-state index in [0.29, 0.717) is 5.95 Å². The van der Waals surface area contributed by atoms with E-state index in [-0.39, 0.29) is 5.82 Å². The fourth-order valence-corrected chi connectivity index (χ4v) is 1.54. The van der Waals surface area contributed by atoms with Crippen molar-refractivity contribution in [1.29, 1.82) is 0 Å². The number of hydrogen-bond acceptors (Lipinski definition) is 3. The maximum atomic E-state index is 12.9. The van der Waals surface area contributed by atoms with Crippen LogP contribution in [0.15, 0.2) is 30.6 Å². The van der Waals surface area contributed by atoms with Crippen LogP contribution in [0.1, 0.15) is 5.56 Å². The second kappa shape index (κ2) is 4.73. The predicted octanol–water partition coefficient (Wildman–Crippen LogP) is 3.27. The quantitative estimate of drug-likeness (QED) is 0.860. The minimum Gasteiger partial charge on any atom is -0.324 e. The largest absolute Gasteiger partial charge is 0.324 e. The summed E-state index contributed by atoms with van der Waals surface area (Å²) in [5.41, 5.74) is 1.63. The molecule has 0 radical (unpaired) electrons. The fraction of sp³-hybridized carbons (Fsp3) is 0.0909. The summed E-state index contributed by atoms with van der Waals surface area (Å²) in [6.07, 6.45) is 3.43. The first kappa shape index (κ1) is 11.3. The molecule has 16 heavy (non-hydrogen) atoms. The minimum atomic E-state index is -0.244. The van der Waals surface area contributed by atoms with Crippen molar-refractivity contribution < 1.29 is 4.39 Å². The molecular weight excluding hydrogens is 320 g/mol. The third-order valence-corrected chi connectivity index (χ3v) is 2.61. The maximum absolute atomic E-state index is 12.9. The first-order valence-corrected chi connectivity index (χ1v) is 5.74. The average Bonchev–Trinajstić information content (AvgIpc) is 2.25. The number of nitrogens with zero attached hydrogens (tertiary/aromatic N) is 2. The second-order valence-corrected chi connectivity index (χ2v) is 4.55. The molecule has 5 heteroatoms. The molecule has 0 saturated heterocycles. The standard InChI is InChI=1S/C11H9FIN3/c1-7-4-8(12)2-3-10(7)16-11-14-5-9(13)6-15-11/h2-6H,1H3,(H,14,15,16). The van der Waals surface area contributed by atoms with Gasteiger partial charge in [-0.05, 0) is 53.3 Å². The Balaban J connectivity index is 2.23. The lowest BCUT2D eigenvalue weighted by molar-refractivity contribution is 0.627. The van der Waals surface area contributed by atoms with Crippen LogP contribution in [0.2, 0.25) is 0 Å². The molecule has 0 aliphatic carbocycles. The van der Waals surface area contributed by atoms with Crippen molar-refractivity contribution in [1.82, 2.24) is 9.97 Å². The molecule has 1 heterocycles. The molecule has 0 amide bonds. The van der Waals surface area contributed by atoms with Crippen LogP contribution in [-0.4, -0.2) is 9.97 Å². The molecule has 0 unspecified atom stereocenters. The van der Waals surface area contributed by atoms with Gasteiger partial charge >= 0.3 is 0 Å². The summed E-state index contributed by atoms with van der Waals surface area (Å²) >= 11 is 2.14. The SMILES string of the molecule is Cc1cc(F)ccc1Nc1ncc(I)cn1. The zero-order valence-electron chi connectivity index (χ0n) is 8.54. The number of halogens is 2. The van der Waals surface area contributed by atoms with Crippen LogP contribution in [-0.2, 0) is 0 Å². The number of anilines is 2. The smallest absolute Gasteiger partial charge is 0.227 e. The number of aryl methyl sites for hydroxylation is 1. The molecule has 1 aromatic heterocycles. The highest BCUT2D eigenvalue weighted by molar-refractivity contribution is 14.1. The molecule has 0 saturated carbocycles. The van der Waals surface area contributed by atoms with Crippen molar-refractivity contribution in [2.75, 3.05) is 5.32 Å². The highest BCUT2D eigenvalue weighted by atomic mass is 127. The lowest BCUT2D eigenvalue weighted by atomic mass is 10.2. The van der Waals surface area contributed by atoms with Crippen molar-refractivity contribution in [3.8, 4) is 0 Å². The first-order chi connectivity index (χ1) is 7.65. The van der Waals surface area contributed by atoms with Crippen LogP contribution >= 0.6 is 22.6 Å². The van der Waals surface area contributed by atoms with Crippen LogP contribution in [0.4, 0.5) is 16.0 Å². The zero-order chi connectivity index (χ0) is 11.5. The van der Waals surface area contributed by atoms with E-state index in [0.717, 1.165) is 14.8 Å². The molecule has 0 bridgehead atoms. The molecule has 3 nitrogen and oxygen atoms in total. The number of aromatic nitrogens is 2. The highest BCUT2D eigenvalue weighted by Gasteiger charge is 2.02. The summed E-state index contributed by atoms with van der Waals surface area (Å²) in [6, 6.07) is 4.54. The molecule has 0 fully saturated rings. The lowest BCUT2D eigenvalue weighted by Crippen LogP contribution is -1.98. The van der Waals surface area contributed by atoms with Crippen LogP contribution in [0.3, 0.4) is 0 Å². The molecule has 0 aliphatic heterocycles. The molecule has 0 atom stereocenters. The van der Waals surface area contributed by atoms with Gasteiger partial charge < -0.3 is 5.32 Å². The normalized spacial score (nSPS) is 10.2. The Morgan fingerprint density at radius 3 is 2.56 bits per heavy atom. The Morgan fingerprint density at radius 1 is 1.25 bits per heavy atom. The van der Waals surface area contributed by atoms with Gasteiger partial charge in [-0.15, -0.1) is 0 Å². The average molecular weight is 329 g/mol. The van der Waals surface area contributed by atoms with Gasteiger partial charge in [0, 0.05) is 21.7 Å². The molecule has 0 spiro atoms. The van der Waals surface area contributed by atoms with Crippen molar-refractivity contribution in [3.05, 3.63) is 45.5 Å². The van der Waals surface area contributed by atoms with Crippen LogP contribution in [0.25, 0.3) is 0 Å². The van der Waals surface area contributed by atoms with E-state index in [9.17, 15) is 4.39 Å². The molecule has 1 N–H and O–H groups in total. The first-order valence-electron chi connectivity index (χ1n) is 4.66. The maximum Gasteiger partial charge on any atom is 0.227 e. The topological polar surface area (TPSA) is 37.8 Å². The van der Waals surface area contributed by atoms with Gasteiger partial charge in [0.25, 0.3) is 0 Å². The third kappa shape index (κ3) is 2.66. The van der Waals surface area contributed by atoms with Gasteiger partial charge in [-0.3, -0.25) is 0 Å². The number of rotatable bonds is 2. The lowest BCUT2D eigenvalue weighted by Gasteiger charge is -2.07. The van der Waals surface area contributed by atoms with E-state index in [1.807, 2.05) is 6.92 Å². The van der Waals surface area contributed by atoms with E-state index >= 15 is 0 Å².